The minimum Gasteiger partial charge on any atom is -0.469 e. The lowest BCUT2D eigenvalue weighted by molar-refractivity contribution is 0.325. The van der Waals surface area contributed by atoms with Crippen molar-refractivity contribution in [2.45, 2.75) is 31.8 Å². The highest BCUT2D eigenvalue weighted by Gasteiger charge is 2.18. The van der Waals surface area contributed by atoms with E-state index < -0.39 is 0 Å². The summed E-state index contributed by atoms with van der Waals surface area (Å²) in [5.74, 6) is 1.09. The Morgan fingerprint density at radius 1 is 1.64 bits per heavy atom. The zero-order chi connectivity index (χ0) is 9.80. The smallest absolute Gasteiger partial charge is 0.103 e. The fourth-order valence-corrected chi connectivity index (χ4v) is 1.71. The van der Waals surface area contributed by atoms with Gasteiger partial charge in [-0.25, -0.2) is 0 Å². The number of hydrogen-bond acceptors (Lipinski definition) is 3. The minimum absolute atomic E-state index is 0.576. The van der Waals surface area contributed by atoms with E-state index in [0.29, 0.717) is 12.1 Å². The van der Waals surface area contributed by atoms with Crippen LogP contribution in [0.4, 0.5) is 0 Å². The summed E-state index contributed by atoms with van der Waals surface area (Å²) in [5, 5.41) is 6.83. The van der Waals surface area contributed by atoms with Gasteiger partial charge in [0.25, 0.3) is 0 Å². The van der Waals surface area contributed by atoms with E-state index in [0.717, 1.165) is 31.7 Å². The van der Waals surface area contributed by atoms with E-state index in [1.165, 1.54) is 0 Å². The first-order valence-electron chi connectivity index (χ1n) is 5.34. The van der Waals surface area contributed by atoms with Gasteiger partial charge in [-0.15, -0.1) is 0 Å². The van der Waals surface area contributed by atoms with Gasteiger partial charge in [-0.05, 0) is 25.5 Å². The van der Waals surface area contributed by atoms with Crippen molar-refractivity contribution >= 4 is 0 Å². The van der Waals surface area contributed by atoms with Crippen LogP contribution in [-0.4, -0.2) is 25.2 Å². The van der Waals surface area contributed by atoms with E-state index in [1.54, 1.807) is 6.26 Å². The van der Waals surface area contributed by atoms with Crippen molar-refractivity contribution < 1.29 is 4.42 Å². The summed E-state index contributed by atoms with van der Waals surface area (Å²) in [4.78, 5) is 0. The third-order valence-electron chi connectivity index (χ3n) is 2.71. The molecule has 2 N–H and O–H groups in total. The maximum Gasteiger partial charge on any atom is 0.103 e. The Bertz CT molecular complexity index is 254. The molecule has 2 heterocycles. The van der Waals surface area contributed by atoms with Gasteiger partial charge in [-0.3, -0.25) is 0 Å². The molecule has 1 fully saturated rings. The normalized spacial score (nSPS) is 19.2. The number of furan rings is 1. The molecule has 0 aliphatic carbocycles. The Hall–Kier alpha value is -0.800. The van der Waals surface area contributed by atoms with E-state index in [-0.39, 0.29) is 0 Å². The predicted molar refractivity (Wildman–Crippen MR) is 56.3 cm³/mol. The third-order valence-corrected chi connectivity index (χ3v) is 2.71. The second kappa shape index (κ2) is 4.62. The Morgan fingerprint density at radius 2 is 2.50 bits per heavy atom. The van der Waals surface area contributed by atoms with Crippen LogP contribution in [0, 0.1) is 0 Å². The second-order valence-corrected chi connectivity index (χ2v) is 4.04. The molecule has 2 rings (SSSR count). The van der Waals surface area contributed by atoms with Gasteiger partial charge in [0.1, 0.15) is 5.76 Å². The summed E-state index contributed by atoms with van der Waals surface area (Å²) in [7, 11) is 0. The van der Waals surface area contributed by atoms with E-state index in [4.69, 9.17) is 4.42 Å². The molecule has 0 saturated carbocycles. The topological polar surface area (TPSA) is 37.2 Å². The minimum atomic E-state index is 0.576. The highest BCUT2D eigenvalue weighted by molar-refractivity contribution is 4.98. The summed E-state index contributed by atoms with van der Waals surface area (Å²) in [6.07, 6.45) is 3.91. The Balaban J connectivity index is 1.64. The largest absolute Gasteiger partial charge is 0.469 e. The van der Waals surface area contributed by atoms with Gasteiger partial charge in [0.15, 0.2) is 0 Å². The molecular formula is C11H18N2O. The number of rotatable bonds is 5. The van der Waals surface area contributed by atoms with Crippen molar-refractivity contribution in [1.82, 2.24) is 10.6 Å². The first-order valence-corrected chi connectivity index (χ1v) is 5.34. The lowest BCUT2D eigenvalue weighted by Gasteiger charge is -2.31. The zero-order valence-corrected chi connectivity index (χ0v) is 8.62. The highest BCUT2D eigenvalue weighted by atomic mass is 16.3. The molecule has 0 amide bonds. The van der Waals surface area contributed by atoms with Gasteiger partial charge in [0.2, 0.25) is 0 Å². The van der Waals surface area contributed by atoms with E-state index in [2.05, 4.69) is 17.6 Å². The van der Waals surface area contributed by atoms with Crippen molar-refractivity contribution in [3.63, 3.8) is 0 Å². The van der Waals surface area contributed by atoms with Crippen LogP contribution < -0.4 is 10.6 Å². The molecule has 1 atom stereocenters. The van der Waals surface area contributed by atoms with Crippen molar-refractivity contribution in [3.05, 3.63) is 24.2 Å². The molecule has 3 heteroatoms. The van der Waals surface area contributed by atoms with E-state index in [9.17, 15) is 0 Å². The van der Waals surface area contributed by atoms with Gasteiger partial charge in [-0.1, -0.05) is 0 Å². The molecule has 1 aromatic rings. The molecule has 1 aliphatic rings. The second-order valence-electron chi connectivity index (χ2n) is 4.04. The number of nitrogens with one attached hydrogen (secondary N) is 2. The van der Waals surface area contributed by atoms with Crippen LogP contribution in [0.15, 0.2) is 22.8 Å². The average Bonchev–Trinajstić information content (AvgIpc) is 2.60. The van der Waals surface area contributed by atoms with Crippen LogP contribution in [0.3, 0.4) is 0 Å². The molecule has 0 spiro atoms. The molecule has 1 unspecified atom stereocenters. The van der Waals surface area contributed by atoms with Crippen molar-refractivity contribution in [3.8, 4) is 0 Å². The van der Waals surface area contributed by atoms with Gasteiger partial charge >= 0.3 is 0 Å². The molecule has 1 aromatic heterocycles. The Kier molecular flexibility index (Phi) is 3.22. The van der Waals surface area contributed by atoms with Crippen molar-refractivity contribution in [2.75, 3.05) is 13.1 Å². The highest BCUT2D eigenvalue weighted by Crippen LogP contribution is 2.06. The molecule has 0 bridgehead atoms. The Morgan fingerprint density at radius 3 is 3.07 bits per heavy atom. The van der Waals surface area contributed by atoms with Crippen LogP contribution in [0.5, 0.6) is 0 Å². The van der Waals surface area contributed by atoms with Crippen molar-refractivity contribution in [2.24, 2.45) is 0 Å². The molecule has 1 aliphatic heterocycles. The van der Waals surface area contributed by atoms with Crippen LogP contribution in [-0.2, 0) is 6.42 Å². The van der Waals surface area contributed by atoms with Crippen LogP contribution >= 0.6 is 0 Å². The summed E-state index contributed by atoms with van der Waals surface area (Å²) in [6, 6.07) is 5.25. The van der Waals surface area contributed by atoms with E-state index in [1.807, 2.05) is 12.1 Å². The monoisotopic (exact) mass is 194 g/mol. The van der Waals surface area contributed by atoms with Gasteiger partial charge in [-0.2, -0.15) is 0 Å². The standard InChI is InChI=1S/C11H18N2O/c1-9(13-10-7-12-8-10)4-5-11-3-2-6-14-11/h2-3,6,9-10,12-13H,4-5,7-8H2,1H3. The summed E-state index contributed by atoms with van der Waals surface area (Å²) in [6.45, 7) is 4.47. The summed E-state index contributed by atoms with van der Waals surface area (Å²) < 4.78 is 5.29. The molecule has 78 valence electrons. The lowest BCUT2D eigenvalue weighted by atomic mass is 10.1. The lowest BCUT2D eigenvalue weighted by Crippen LogP contribution is -2.57. The predicted octanol–water partition coefficient (Wildman–Crippen LogP) is 1.16. The summed E-state index contributed by atoms with van der Waals surface area (Å²) >= 11 is 0. The van der Waals surface area contributed by atoms with Crippen molar-refractivity contribution in [1.29, 1.82) is 0 Å². The quantitative estimate of drug-likeness (QED) is 0.738. The van der Waals surface area contributed by atoms with Crippen LogP contribution in [0.25, 0.3) is 0 Å². The van der Waals surface area contributed by atoms with Crippen LogP contribution in [0.2, 0.25) is 0 Å². The molecule has 1 saturated heterocycles. The number of hydrogen-bond donors (Lipinski definition) is 2. The zero-order valence-electron chi connectivity index (χ0n) is 8.62. The Labute approximate surface area is 84.9 Å². The number of aryl methyl sites for hydroxylation is 1. The summed E-state index contributed by atoms with van der Waals surface area (Å²) in [5.41, 5.74) is 0. The third kappa shape index (κ3) is 2.59. The van der Waals surface area contributed by atoms with Gasteiger partial charge < -0.3 is 15.1 Å². The first kappa shape index (κ1) is 9.74. The maximum atomic E-state index is 5.29. The average molecular weight is 194 g/mol. The first-order chi connectivity index (χ1) is 6.84. The van der Waals surface area contributed by atoms with Gasteiger partial charge in [0.05, 0.1) is 6.26 Å². The molecule has 0 aromatic carbocycles. The SMILES string of the molecule is CC(CCc1ccco1)NC1CNC1. The van der Waals surface area contributed by atoms with Crippen LogP contribution in [0.1, 0.15) is 19.1 Å². The molecule has 14 heavy (non-hydrogen) atoms. The fourth-order valence-electron chi connectivity index (χ4n) is 1.71. The molecular weight excluding hydrogens is 176 g/mol. The molecule has 3 nitrogen and oxygen atoms in total. The molecule has 0 radical (unpaired) electrons. The fraction of sp³-hybridized carbons (Fsp3) is 0.636. The maximum absolute atomic E-state index is 5.29. The van der Waals surface area contributed by atoms with E-state index >= 15 is 0 Å². The van der Waals surface area contributed by atoms with Gasteiger partial charge in [0, 0.05) is 31.6 Å².